The zero-order valence-electron chi connectivity index (χ0n) is 18.6. The minimum atomic E-state index is -3.43. The highest BCUT2D eigenvalue weighted by atomic mass is 32.2. The lowest BCUT2D eigenvalue weighted by Crippen LogP contribution is -2.41. The molecular formula is C23H27N3O5S. The Morgan fingerprint density at radius 2 is 1.66 bits per heavy atom. The van der Waals surface area contributed by atoms with Crippen LogP contribution in [0.2, 0.25) is 0 Å². The van der Waals surface area contributed by atoms with Crippen molar-refractivity contribution in [2.45, 2.75) is 32.2 Å². The van der Waals surface area contributed by atoms with Gasteiger partial charge in [-0.2, -0.15) is 0 Å². The van der Waals surface area contributed by atoms with Crippen LogP contribution in [0.15, 0.2) is 48.5 Å². The number of sulfonamides is 1. The molecule has 0 spiro atoms. The summed E-state index contributed by atoms with van der Waals surface area (Å²) in [6.07, 6.45) is 3.02. The topological polar surface area (TPSA) is 104 Å². The fraction of sp³-hybridized carbons (Fsp3) is 0.348. The summed E-state index contributed by atoms with van der Waals surface area (Å²) in [5, 5.41) is 2.71. The van der Waals surface area contributed by atoms with E-state index in [1.165, 1.54) is 31.3 Å². The molecule has 3 rings (SSSR count). The number of anilines is 1. The molecule has 1 saturated heterocycles. The molecule has 1 aliphatic heterocycles. The number of rotatable bonds is 8. The number of urea groups is 1. The Balaban J connectivity index is 1.75. The van der Waals surface area contributed by atoms with Gasteiger partial charge in [-0.25, -0.2) is 13.2 Å². The second-order valence-corrected chi connectivity index (χ2v) is 10.1. The SMILES string of the molecule is CCCc1ccc(C2(C)NC(=O)N(CC(=O)c3ccc(N(C)S(C)(=O)=O)cc3)C2=O)cc1. The van der Waals surface area contributed by atoms with Gasteiger partial charge < -0.3 is 5.32 Å². The van der Waals surface area contributed by atoms with E-state index in [9.17, 15) is 22.8 Å². The molecule has 2 aromatic rings. The lowest BCUT2D eigenvalue weighted by Gasteiger charge is -2.22. The molecule has 2 aromatic carbocycles. The van der Waals surface area contributed by atoms with E-state index in [-0.39, 0.29) is 5.56 Å². The third-order valence-corrected chi connectivity index (χ3v) is 6.90. The molecule has 8 nitrogen and oxygen atoms in total. The zero-order chi connectivity index (χ0) is 23.7. The fourth-order valence-corrected chi connectivity index (χ4v) is 4.12. The zero-order valence-corrected chi connectivity index (χ0v) is 19.4. The van der Waals surface area contributed by atoms with Gasteiger partial charge in [-0.1, -0.05) is 37.6 Å². The van der Waals surface area contributed by atoms with E-state index in [1.54, 1.807) is 6.92 Å². The number of amides is 3. The molecule has 0 aliphatic carbocycles. The molecule has 170 valence electrons. The Hall–Kier alpha value is -3.20. The molecule has 1 fully saturated rings. The summed E-state index contributed by atoms with van der Waals surface area (Å²) in [4.78, 5) is 39.3. The molecule has 1 aliphatic rings. The summed E-state index contributed by atoms with van der Waals surface area (Å²) >= 11 is 0. The Bertz CT molecular complexity index is 1140. The maximum absolute atomic E-state index is 13.1. The minimum absolute atomic E-state index is 0.272. The van der Waals surface area contributed by atoms with Crippen LogP contribution in [0.4, 0.5) is 10.5 Å². The highest BCUT2D eigenvalue weighted by molar-refractivity contribution is 7.92. The summed E-state index contributed by atoms with van der Waals surface area (Å²) in [7, 11) is -2.01. The number of ketones is 1. The summed E-state index contributed by atoms with van der Waals surface area (Å²) in [5.74, 6) is -0.919. The van der Waals surface area contributed by atoms with Gasteiger partial charge in [0.2, 0.25) is 10.0 Å². The van der Waals surface area contributed by atoms with Crippen molar-refractivity contribution in [1.29, 1.82) is 0 Å². The fourth-order valence-electron chi connectivity index (χ4n) is 3.61. The first-order valence-electron chi connectivity index (χ1n) is 10.3. The van der Waals surface area contributed by atoms with Crippen LogP contribution in [0.25, 0.3) is 0 Å². The molecule has 9 heteroatoms. The smallest absolute Gasteiger partial charge is 0.319 e. The van der Waals surface area contributed by atoms with Crippen LogP contribution in [0.1, 0.15) is 41.8 Å². The van der Waals surface area contributed by atoms with Gasteiger partial charge in [0.1, 0.15) is 5.54 Å². The minimum Gasteiger partial charge on any atom is -0.319 e. The average molecular weight is 458 g/mol. The van der Waals surface area contributed by atoms with Crippen molar-refractivity contribution in [1.82, 2.24) is 10.2 Å². The largest absolute Gasteiger partial charge is 0.325 e. The standard InChI is InChI=1S/C23H27N3O5S/c1-5-6-16-7-11-18(12-8-16)23(2)21(28)26(22(29)24-23)15-20(27)17-9-13-19(14-10-17)25(3)32(4,30)31/h7-14H,5-6,15H2,1-4H3,(H,24,29). The van der Waals surface area contributed by atoms with Gasteiger partial charge in [0.15, 0.2) is 5.78 Å². The first-order chi connectivity index (χ1) is 15.0. The van der Waals surface area contributed by atoms with Crippen molar-refractivity contribution in [3.05, 3.63) is 65.2 Å². The molecule has 0 bridgehead atoms. The van der Waals surface area contributed by atoms with Crippen molar-refractivity contribution in [3.63, 3.8) is 0 Å². The number of hydrogen-bond donors (Lipinski definition) is 1. The summed E-state index contributed by atoms with van der Waals surface area (Å²) in [6, 6.07) is 12.9. The van der Waals surface area contributed by atoms with Crippen LogP contribution in [0.3, 0.4) is 0 Å². The third-order valence-electron chi connectivity index (χ3n) is 5.70. The van der Waals surface area contributed by atoms with Crippen molar-refractivity contribution < 1.29 is 22.8 Å². The Morgan fingerprint density at radius 1 is 1.06 bits per heavy atom. The van der Waals surface area contributed by atoms with Crippen LogP contribution in [0, 0.1) is 0 Å². The van der Waals surface area contributed by atoms with E-state index in [0.29, 0.717) is 11.3 Å². The number of nitrogens with one attached hydrogen (secondary N) is 1. The van der Waals surface area contributed by atoms with Gasteiger partial charge in [0, 0.05) is 12.6 Å². The number of benzene rings is 2. The van der Waals surface area contributed by atoms with Gasteiger partial charge in [-0.05, 0) is 48.7 Å². The van der Waals surface area contributed by atoms with Crippen LogP contribution >= 0.6 is 0 Å². The molecule has 1 N–H and O–H groups in total. The van der Waals surface area contributed by atoms with Crippen LogP contribution in [-0.2, 0) is 26.8 Å². The quantitative estimate of drug-likeness (QED) is 0.485. The number of carbonyl (C=O) groups is 3. The highest BCUT2D eigenvalue weighted by Crippen LogP contribution is 2.29. The van der Waals surface area contributed by atoms with E-state index >= 15 is 0 Å². The number of nitrogens with zero attached hydrogens (tertiary/aromatic N) is 2. The predicted molar refractivity (Wildman–Crippen MR) is 122 cm³/mol. The summed E-state index contributed by atoms with van der Waals surface area (Å²) in [6.45, 7) is 3.31. The molecule has 0 saturated carbocycles. The third kappa shape index (κ3) is 4.52. The molecule has 32 heavy (non-hydrogen) atoms. The summed E-state index contributed by atoms with van der Waals surface area (Å²) < 4.78 is 24.4. The number of carbonyl (C=O) groups excluding carboxylic acids is 3. The molecule has 0 radical (unpaired) electrons. The van der Waals surface area contributed by atoms with Crippen LogP contribution in [0.5, 0.6) is 0 Å². The average Bonchev–Trinajstić information content (AvgIpc) is 2.97. The van der Waals surface area contributed by atoms with Crippen LogP contribution in [-0.4, -0.2) is 50.9 Å². The molecular weight excluding hydrogens is 430 g/mol. The monoisotopic (exact) mass is 457 g/mol. The van der Waals surface area contributed by atoms with Gasteiger partial charge in [-0.15, -0.1) is 0 Å². The van der Waals surface area contributed by atoms with E-state index in [1.807, 2.05) is 24.3 Å². The second kappa shape index (κ2) is 8.74. The van der Waals surface area contributed by atoms with E-state index in [2.05, 4.69) is 12.2 Å². The summed E-state index contributed by atoms with van der Waals surface area (Å²) in [5.41, 5.74) is 1.23. The maximum Gasteiger partial charge on any atom is 0.325 e. The van der Waals surface area contributed by atoms with Crippen molar-refractivity contribution in [3.8, 4) is 0 Å². The molecule has 1 unspecified atom stereocenters. The number of imide groups is 1. The van der Waals surface area contributed by atoms with E-state index < -0.39 is 39.8 Å². The highest BCUT2D eigenvalue weighted by Gasteiger charge is 2.49. The first-order valence-corrected chi connectivity index (χ1v) is 12.1. The molecule has 0 aromatic heterocycles. The second-order valence-electron chi connectivity index (χ2n) is 8.09. The number of Topliss-reactive ketones (excluding diaryl/α,β-unsaturated/α-hetero) is 1. The number of hydrogen-bond acceptors (Lipinski definition) is 5. The Labute approximate surface area is 188 Å². The predicted octanol–water partition coefficient (Wildman–Crippen LogP) is 2.68. The Kier molecular flexibility index (Phi) is 6.41. The van der Waals surface area contributed by atoms with Gasteiger partial charge >= 0.3 is 6.03 Å². The molecule has 1 heterocycles. The lowest BCUT2D eigenvalue weighted by atomic mass is 9.91. The normalized spacial score (nSPS) is 18.6. The molecule has 1 atom stereocenters. The van der Waals surface area contributed by atoms with Crippen LogP contribution < -0.4 is 9.62 Å². The number of aryl methyl sites for hydroxylation is 1. The van der Waals surface area contributed by atoms with Gasteiger partial charge in [0.05, 0.1) is 18.5 Å². The van der Waals surface area contributed by atoms with Gasteiger partial charge in [0.25, 0.3) is 5.91 Å². The van der Waals surface area contributed by atoms with E-state index in [0.717, 1.165) is 33.9 Å². The van der Waals surface area contributed by atoms with Gasteiger partial charge in [-0.3, -0.25) is 18.8 Å². The Morgan fingerprint density at radius 3 is 2.19 bits per heavy atom. The lowest BCUT2D eigenvalue weighted by molar-refractivity contribution is -0.130. The molecule has 3 amide bonds. The van der Waals surface area contributed by atoms with Crippen molar-refractivity contribution in [2.24, 2.45) is 0 Å². The first kappa shape index (κ1) is 23.5. The van der Waals surface area contributed by atoms with Crippen molar-refractivity contribution >= 4 is 33.4 Å². The maximum atomic E-state index is 13.1. The van der Waals surface area contributed by atoms with E-state index in [4.69, 9.17) is 0 Å². The van der Waals surface area contributed by atoms with Crippen molar-refractivity contribution in [2.75, 3.05) is 24.2 Å².